The Hall–Kier alpha value is -1.32. The van der Waals surface area contributed by atoms with Crippen LogP contribution in [0.3, 0.4) is 0 Å². The molecule has 0 heterocycles. The van der Waals surface area contributed by atoms with Crippen LogP contribution in [-0.2, 0) is 4.79 Å². The summed E-state index contributed by atoms with van der Waals surface area (Å²) in [7, 11) is 0. The van der Waals surface area contributed by atoms with Crippen LogP contribution in [0.1, 0.15) is 38.7 Å². The van der Waals surface area contributed by atoms with E-state index in [2.05, 4.69) is 44.4 Å². The van der Waals surface area contributed by atoms with Crippen molar-refractivity contribution in [2.45, 2.75) is 44.1 Å². The fourth-order valence-electron chi connectivity index (χ4n) is 3.92. The number of carbonyl (C=O) groups excluding carboxylic acids is 1. The predicted octanol–water partition coefficient (Wildman–Crippen LogP) is 4.49. The van der Waals surface area contributed by atoms with E-state index in [1.165, 1.54) is 4.90 Å². The van der Waals surface area contributed by atoms with Crippen LogP contribution in [0.2, 0.25) is 0 Å². The summed E-state index contributed by atoms with van der Waals surface area (Å²) >= 11 is 1.71. The van der Waals surface area contributed by atoms with Crippen molar-refractivity contribution in [1.29, 1.82) is 0 Å². The van der Waals surface area contributed by atoms with E-state index in [4.69, 9.17) is 0 Å². The summed E-state index contributed by atoms with van der Waals surface area (Å²) in [4.78, 5) is 13.8. The van der Waals surface area contributed by atoms with E-state index in [0.29, 0.717) is 0 Å². The first-order valence-corrected chi connectivity index (χ1v) is 9.48. The Labute approximate surface area is 142 Å². The molecule has 0 aromatic heterocycles. The zero-order valence-electron chi connectivity index (χ0n) is 14.0. The largest absolute Gasteiger partial charge is 0.392 e. The van der Waals surface area contributed by atoms with Gasteiger partial charge >= 0.3 is 0 Å². The number of fused-ring (bicyclic) bond motifs is 1. The van der Waals surface area contributed by atoms with Crippen LogP contribution in [0.4, 0.5) is 0 Å². The maximum atomic E-state index is 12.6. The van der Waals surface area contributed by atoms with Crippen LogP contribution in [0.25, 0.3) is 6.08 Å². The van der Waals surface area contributed by atoms with Crippen molar-refractivity contribution in [3.05, 3.63) is 47.1 Å². The number of rotatable bonds is 2. The molecule has 0 saturated heterocycles. The third-order valence-corrected chi connectivity index (χ3v) is 6.45. The van der Waals surface area contributed by atoms with Crippen molar-refractivity contribution in [3.63, 3.8) is 0 Å². The van der Waals surface area contributed by atoms with Crippen molar-refractivity contribution in [1.82, 2.24) is 0 Å². The zero-order valence-corrected chi connectivity index (χ0v) is 14.8. The second-order valence-corrected chi connectivity index (χ2v) is 7.70. The lowest BCUT2D eigenvalue weighted by Gasteiger charge is -2.48. The standard InChI is InChI=1S/C20H24O2S/c1-13-17(11-14-7-9-16(23-3)10-8-14)18(21)12-15-5-4-6-19(22)20(13,15)2/h7-13,19,22H,4-6H2,1-3H3/t13-,19-,20-/m0/s1. The van der Waals surface area contributed by atoms with Gasteiger partial charge in [0.2, 0.25) is 0 Å². The predicted molar refractivity (Wildman–Crippen MR) is 96.4 cm³/mol. The Morgan fingerprint density at radius 1 is 1.30 bits per heavy atom. The fourth-order valence-corrected chi connectivity index (χ4v) is 4.33. The molecule has 2 nitrogen and oxygen atoms in total. The third-order valence-electron chi connectivity index (χ3n) is 5.70. The summed E-state index contributed by atoms with van der Waals surface area (Å²) < 4.78 is 0. The smallest absolute Gasteiger partial charge is 0.182 e. The van der Waals surface area contributed by atoms with E-state index in [0.717, 1.165) is 36.0 Å². The Balaban J connectivity index is 2.00. The molecule has 1 fully saturated rings. The first-order chi connectivity index (χ1) is 11.0. The van der Waals surface area contributed by atoms with E-state index in [9.17, 15) is 9.90 Å². The highest BCUT2D eigenvalue weighted by Gasteiger charge is 2.48. The molecule has 0 spiro atoms. The molecular weight excluding hydrogens is 304 g/mol. The first kappa shape index (κ1) is 16.5. The van der Waals surface area contributed by atoms with E-state index in [1.54, 1.807) is 17.8 Å². The Morgan fingerprint density at radius 3 is 2.65 bits per heavy atom. The minimum atomic E-state index is -0.368. The number of benzene rings is 1. The molecule has 23 heavy (non-hydrogen) atoms. The molecule has 1 saturated carbocycles. The van der Waals surface area contributed by atoms with Crippen molar-refractivity contribution < 1.29 is 9.90 Å². The van der Waals surface area contributed by atoms with Crippen molar-refractivity contribution in [2.75, 3.05) is 6.26 Å². The van der Waals surface area contributed by atoms with Gasteiger partial charge in [0, 0.05) is 15.9 Å². The SMILES string of the molecule is CSc1ccc(C=C2C(=O)C=C3CCC[C@H](O)[C@@]3(C)[C@H]2C)cc1. The normalized spacial score (nSPS) is 32.6. The molecule has 0 aliphatic heterocycles. The summed E-state index contributed by atoms with van der Waals surface area (Å²) in [6, 6.07) is 8.26. The maximum absolute atomic E-state index is 12.6. The van der Waals surface area contributed by atoms with Crippen molar-refractivity contribution in [3.8, 4) is 0 Å². The van der Waals surface area contributed by atoms with Gasteiger partial charge in [0.1, 0.15) is 0 Å². The Kier molecular flexibility index (Phi) is 4.52. The highest BCUT2D eigenvalue weighted by Crippen LogP contribution is 2.51. The third kappa shape index (κ3) is 2.81. The van der Waals surface area contributed by atoms with Gasteiger partial charge in [-0.05, 0) is 61.3 Å². The van der Waals surface area contributed by atoms with Gasteiger partial charge in [-0.2, -0.15) is 0 Å². The van der Waals surface area contributed by atoms with Gasteiger partial charge in [-0.25, -0.2) is 0 Å². The molecule has 0 radical (unpaired) electrons. The lowest BCUT2D eigenvalue weighted by atomic mass is 9.57. The minimum absolute atomic E-state index is 0.0329. The molecule has 122 valence electrons. The molecule has 2 aliphatic carbocycles. The van der Waals surface area contributed by atoms with Crippen LogP contribution in [0, 0.1) is 11.3 Å². The zero-order chi connectivity index (χ0) is 16.6. The van der Waals surface area contributed by atoms with E-state index >= 15 is 0 Å². The summed E-state index contributed by atoms with van der Waals surface area (Å²) in [5.41, 5.74) is 2.68. The van der Waals surface area contributed by atoms with Crippen molar-refractivity contribution in [2.24, 2.45) is 11.3 Å². The van der Waals surface area contributed by atoms with Crippen molar-refractivity contribution >= 4 is 23.6 Å². The topological polar surface area (TPSA) is 37.3 Å². The summed E-state index contributed by atoms with van der Waals surface area (Å²) in [5.74, 6) is 0.138. The molecule has 0 unspecified atom stereocenters. The Bertz CT molecular complexity index is 671. The van der Waals surface area contributed by atoms with Gasteiger partial charge < -0.3 is 5.11 Å². The highest BCUT2D eigenvalue weighted by atomic mass is 32.2. The summed E-state index contributed by atoms with van der Waals surface area (Å²) in [6.07, 6.45) is 8.19. The molecule has 0 amide bonds. The lowest BCUT2D eigenvalue weighted by molar-refractivity contribution is -0.113. The fraction of sp³-hybridized carbons (Fsp3) is 0.450. The number of hydrogen-bond donors (Lipinski definition) is 1. The summed E-state index contributed by atoms with van der Waals surface area (Å²) in [5, 5.41) is 10.6. The average molecular weight is 328 g/mol. The molecule has 3 atom stereocenters. The second kappa shape index (κ2) is 6.29. The molecule has 1 N–H and O–H groups in total. The molecule has 3 rings (SSSR count). The highest BCUT2D eigenvalue weighted by molar-refractivity contribution is 7.98. The number of allylic oxidation sites excluding steroid dienone is 2. The molecule has 0 bridgehead atoms. The molecule has 2 aliphatic rings. The van der Waals surface area contributed by atoms with E-state index < -0.39 is 0 Å². The van der Waals surface area contributed by atoms with Gasteiger partial charge in [-0.3, -0.25) is 4.79 Å². The quantitative estimate of drug-likeness (QED) is 0.642. The molecule has 1 aromatic rings. The minimum Gasteiger partial charge on any atom is -0.392 e. The number of hydrogen-bond acceptors (Lipinski definition) is 3. The lowest BCUT2D eigenvalue weighted by Crippen LogP contribution is -2.46. The van der Waals surface area contributed by atoms with E-state index in [-0.39, 0.29) is 23.2 Å². The van der Waals surface area contributed by atoms with Crippen LogP contribution in [-0.4, -0.2) is 23.2 Å². The number of carbonyl (C=O) groups is 1. The summed E-state index contributed by atoms with van der Waals surface area (Å²) in [6.45, 7) is 4.20. The number of aliphatic hydroxyl groups excluding tert-OH is 1. The second-order valence-electron chi connectivity index (χ2n) is 6.82. The van der Waals surface area contributed by atoms with Crippen LogP contribution in [0.5, 0.6) is 0 Å². The first-order valence-electron chi connectivity index (χ1n) is 8.26. The number of thioether (sulfide) groups is 1. The number of ketones is 1. The van der Waals surface area contributed by atoms with Gasteiger partial charge in [0.15, 0.2) is 5.78 Å². The molecular formula is C20H24O2S. The van der Waals surface area contributed by atoms with Crippen LogP contribution >= 0.6 is 11.8 Å². The maximum Gasteiger partial charge on any atom is 0.182 e. The van der Waals surface area contributed by atoms with Crippen LogP contribution in [0.15, 0.2) is 46.4 Å². The van der Waals surface area contributed by atoms with Crippen LogP contribution < -0.4 is 0 Å². The monoisotopic (exact) mass is 328 g/mol. The van der Waals surface area contributed by atoms with Gasteiger partial charge in [0.25, 0.3) is 0 Å². The average Bonchev–Trinajstić information content (AvgIpc) is 2.55. The molecule has 1 aromatic carbocycles. The van der Waals surface area contributed by atoms with Gasteiger partial charge in [0.05, 0.1) is 6.10 Å². The Morgan fingerprint density at radius 2 is 2.00 bits per heavy atom. The molecule has 3 heteroatoms. The van der Waals surface area contributed by atoms with Gasteiger partial charge in [-0.15, -0.1) is 11.8 Å². The van der Waals surface area contributed by atoms with E-state index in [1.807, 2.05) is 6.08 Å². The number of aliphatic hydroxyl groups is 1. The van der Waals surface area contributed by atoms with Gasteiger partial charge in [-0.1, -0.05) is 31.6 Å².